The Hall–Kier alpha value is -1.77. The van der Waals surface area contributed by atoms with Crippen molar-refractivity contribution in [3.63, 3.8) is 0 Å². The van der Waals surface area contributed by atoms with E-state index in [4.69, 9.17) is 9.84 Å². The van der Waals surface area contributed by atoms with E-state index in [1.807, 2.05) is 37.3 Å². The molecular weight excluding hydrogens is 204 g/mol. The van der Waals surface area contributed by atoms with Crippen LogP contribution in [0.1, 0.15) is 25.3 Å². The summed E-state index contributed by atoms with van der Waals surface area (Å²) in [6.07, 6.45) is 2.66. The van der Waals surface area contributed by atoms with Crippen LogP contribution in [0.15, 0.2) is 30.3 Å². The highest BCUT2D eigenvalue weighted by Gasteiger charge is 1.99. The molecule has 3 heteroatoms. The zero-order valence-electron chi connectivity index (χ0n) is 9.56. The number of carboxylic acid groups (broad SMARTS) is 1. The number of ether oxygens (including phenoxy) is 1. The Morgan fingerprint density at radius 3 is 2.88 bits per heavy atom. The molecule has 1 aromatic carbocycles. The second kappa shape index (κ2) is 5.95. The van der Waals surface area contributed by atoms with Gasteiger partial charge in [0.05, 0.1) is 7.11 Å². The van der Waals surface area contributed by atoms with E-state index in [-0.39, 0.29) is 6.42 Å². The topological polar surface area (TPSA) is 46.5 Å². The van der Waals surface area contributed by atoms with Crippen LogP contribution in [0.4, 0.5) is 0 Å². The molecule has 0 fully saturated rings. The van der Waals surface area contributed by atoms with E-state index in [0.29, 0.717) is 6.42 Å². The van der Waals surface area contributed by atoms with Gasteiger partial charge in [-0.2, -0.15) is 0 Å². The summed E-state index contributed by atoms with van der Waals surface area (Å²) < 4.78 is 5.13. The van der Waals surface area contributed by atoms with E-state index >= 15 is 0 Å². The lowest BCUT2D eigenvalue weighted by atomic mass is 10.1. The Bertz CT molecular complexity index is 394. The van der Waals surface area contributed by atoms with E-state index in [1.165, 1.54) is 0 Å². The maximum Gasteiger partial charge on any atom is 0.303 e. The first-order valence-electron chi connectivity index (χ1n) is 5.16. The number of carboxylic acids is 1. The van der Waals surface area contributed by atoms with Crippen LogP contribution in [0, 0.1) is 0 Å². The van der Waals surface area contributed by atoms with Crippen molar-refractivity contribution < 1.29 is 14.6 Å². The minimum absolute atomic E-state index is 0.168. The maximum atomic E-state index is 10.4. The van der Waals surface area contributed by atoms with Crippen LogP contribution < -0.4 is 4.74 Å². The summed E-state index contributed by atoms with van der Waals surface area (Å²) in [4.78, 5) is 10.4. The number of allylic oxidation sites excluding steroid dienone is 2. The van der Waals surface area contributed by atoms with Gasteiger partial charge in [-0.3, -0.25) is 4.79 Å². The Balaban J connectivity index is 2.71. The SMILES string of the molecule is COc1cccc(/C(C)=C/CCC(=O)O)c1. The lowest BCUT2D eigenvalue weighted by Crippen LogP contribution is -1.92. The van der Waals surface area contributed by atoms with Crippen molar-refractivity contribution in [3.8, 4) is 5.75 Å². The monoisotopic (exact) mass is 220 g/mol. The third-order valence-corrected chi connectivity index (χ3v) is 2.33. The minimum atomic E-state index is -0.769. The molecule has 1 aromatic rings. The van der Waals surface area contributed by atoms with Crippen molar-refractivity contribution in [1.29, 1.82) is 0 Å². The zero-order chi connectivity index (χ0) is 12.0. The first-order chi connectivity index (χ1) is 7.63. The molecular formula is C13H16O3. The minimum Gasteiger partial charge on any atom is -0.497 e. The summed E-state index contributed by atoms with van der Waals surface area (Å²) in [5, 5.41) is 8.53. The van der Waals surface area contributed by atoms with Crippen LogP contribution in [-0.4, -0.2) is 18.2 Å². The molecule has 0 radical (unpaired) electrons. The lowest BCUT2D eigenvalue weighted by molar-refractivity contribution is -0.136. The number of rotatable bonds is 5. The summed E-state index contributed by atoms with van der Waals surface area (Å²) in [5.74, 6) is 0.0400. The summed E-state index contributed by atoms with van der Waals surface area (Å²) in [7, 11) is 1.63. The second-order valence-corrected chi connectivity index (χ2v) is 3.55. The molecule has 1 N–H and O–H groups in total. The molecule has 0 aliphatic carbocycles. The molecule has 0 saturated heterocycles. The molecule has 0 aliphatic rings. The molecule has 0 aromatic heterocycles. The van der Waals surface area contributed by atoms with Crippen molar-refractivity contribution >= 4 is 11.5 Å². The number of hydrogen-bond acceptors (Lipinski definition) is 2. The number of benzene rings is 1. The van der Waals surface area contributed by atoms with E-state index in [0.717, 1.165) is 16.9 Å². The highest BCUT2D eigenvalue weighted by Crippen LogP contribution is 2.20. The third kappa shape index (κ3) is 3.77. The van der Waals surface area contributed by atoms with Gasteiger partial charge in [0, 0.05) is 6.42 Å². The van der Waals surface area contributed by atoms with Gasteiger partial charge in [-0.15, -0.1) is 0 Å². The van der Waals surface area contributed by atoms with Gasteiger partial charge < -0.3 is 9.84 Å². The quantitative estimate of drug-likeness (QED) is 0.829. The normalized spacial score (nSPS) is 11.2. The average Bonchev–Trinajstić information content (AvgIpc) is 2.28. The van der Waals surface area contributed by atoms with Gasteiger partial charge in [-0.05, 0) is 36.6 Å². The van der Waals surface area contributed by atoms with Gasteiger partial charge in [0.15, 0.2) is 0 Å². The highest BCUT2D eigenvalue weighted by atomic mass is 16.5. The molecule has 0 aliphatic heterocycles. The third-order valence-electron chi connectivity index (χ3n) is 2.33. The zero-order valence-corrected chi connectivity index (χ0v) is 9.56. The molecule has 0 heterocycles. The fourth-order valence-electron chi connectivity index (χ4n) is 1.40. The lowest BCUT2D eigenvalue weighted by Gasteiger charge is -2.04. The van der Waals surface area contributed by atoms with Gasteiger partial charge in [0.25, 0.3) is 0 Å². The van der Waals surface area contributed by atoms with E-state index in [9.17, 15) is 4.79 Å². The number of hydrogen-bond donors (Lipinski definition) is 1. The molecule has 1 rings (SSSR count). The standard InChI is InChI=1S/C13H16O3/c1-10(5-3-8-13(14)15)11-6-4-7-12(9-11)16-2/h4-7,9H,3,8H2,1-2H3,(H,14,15)/b10-5+. The van der Waals surface area contributed by atoms with Crippen molar-refractivity contribution in [2.75, 3.05) is 7.11 Å². The molecule has 0 saturated carbocycles. The number of carbonyl (C=O) groups is 1. The molecule has 0 bridgehead atoms. The van der Waals surface area contributed by atoms with Crippen LogP contribution in [0.3, 0.4) is 0 Å². The van der Waals surface area contributed by atoms with Gasteiger partial charge in [0.2, 0.25) is 0 Å². The predicted molar refractivity (Wildman–Crippen MR) is 63.5 cm³/mol. The Labute approximate surface area is 95.4 Å². The molecule has 0 amide bonds. The number of methoxy groups -OCH3 is 1. The second-order valence-electron chi connectivity index (χ2n) is 3.55. The summed E-state index contributed by atoms with van der Waals surface area (Å²) in [5.41, 5.74) is 2.13. The average molecular weight is 220 g/mol. The smallest absolute Gasteiger partial charge is 0.303 e. The summed E-state index contributed by atoms with van der Waals surface area (Å²) in [6.45, 7) is 1.97. The molecule has 0 unspecified atom stereocenters. The summed E-state index contributed by atoms with van der Waals surface area (Å²) >= 11 is 0. The van der Waals surface area contributed by atoms with Crippen LogP contribution in [0.5, 0.6) is 5.75 Å². The van der Waals surface area contributed by atoms with Crippen LogP contribution >= 0.6 is 0 Å². The van der Waals surface area contributed by atoms with Crippen LogP contribution in [0.25, 0.3) is 5.57 Å². The molecule has 86 valence electrons. The van der Waals surface area contributed by atoms with Crippen molar-refractivity contribution in [3.05, 3.63) is 35.9 Å². The van der Waals surface area contributed by atoms with Crippen LogP contribution in [0.2, 0.25) is 0 Å². The van der Waals surface area contributed by atoms with E-state index in [2.05, 4.69) is 0 Å². The maximum absolute atomic E-state index is 10.4. The fourth-order valence-corrected chi connectivity index (χ4v) is 1.40. The van der Waals surface area contributed by atoms with Crippen molar-refractivity contribution in [1.82, 2.24) is 0 Å². The van der Waals surface area contributed by atoms with Gasteiger partial charge >= 0.3 is 5.97 Å². The molecule has 0 spiro atoms. The van der Waals surface area contributed by atoms with Gasteiger partial charge in [0.1, 0.15) is 5.75 Å². The predicted octanol–water partition coefficient (Wildman–Crippen LogP) is 2.96. The first kappa shape index (κ1) is 12.3. The number of aliphatic carboxylic acids is 1. The Morgan fingerprint density at radius 2 is 2.25 bits per heavy atom. The van der Waals surface area contributed by atoms with Gasteiger partial charge in [-0.25, -0.2) is 0 Å². The fraction of sp³-hybridized carbons (Fsp3) is 0.308. The van der Waals surface area contributed by atoms with Crippen LogP contribution in [-0.2, 0) is 4.79 Å². The van der Waals surface area contributed by atoms with Crippen molar-refractivity contribution in [2.24, 2.45) is 0 Å². The largest absolute Gasteiger partial charge is 0.497 e. The van der Waals surface area contributed by atoms with Gasteiger partial charge in [-0.1, -0.05) is 18.2 Å². The molecule has 16 heavy (non-hydrogen) atoms. The molecule has 3 nitrogen and oxygen atoms in total. The highest BCUT2D eigenvalue weighted by molar-refractivity contribution is 5.68. The summed E-state index contributed by atoms with van der Waals surface area (Å²) in [6, 6.07) is 7.72. The Kier molecular flexibility index (Phi) is 4.58. The van der Waals surface area contributed by atoms with Crippen molar-refractivity contribution in [2.45, 2.75) is 19.8 Å². The van der Waals surface area contributed by atoms with E-state index < -0.39 is 5.97 Å². The Morgan fingerprint density at radius 1 is 1.50 bits per heavy atom. The van der Waals surface area contributed by atoms with E-state index in [1.54, 1.807) is 7.11 Å². The first-order valence-corrected chi connectivity index (χ1v) is 5.16. The molecule has 0 atom stereocenters.